The molecule has 436 valence electrons. The molecule has 0 aliphatic rings. The van der Waals surface area contributed by atoms with E-state index in [4.69, 9.17) is 8.83 Å². The van der Waals surface area contributed by atoms with Crippen LogP contribution in [0.1, 0.15) is 22.3 Å². The lowest BCUT2D eigenvalue weighted by atomic mass is 9.12. The van der Waals surface area contributed by atoms with E-state index in [1.165, 1.54) is 65.3 Å². The monoisotopic (exact) mass is 1320 g/mol. The maximum absolute atomic E-state index is 15.4. The van der Waals surface area contributed by atoms with Crippen molar-refractivity contribution >= 4 is 71.1 Å². The minimum absolute atomic E-state index is 0.557. The van der Waals surface area contributed by atoms with Gasteiger partial charge in [0.2, 0.25) is 0 Å². The summed E-state index contributed by atoms with van der Waals surface area (Å²) in [7, 11) is 0. The molecule has 24 heteroatoms. The molecule has 12 rings (SSSR count). The van der Waals surface area contributed by atoms with Gasteiger partial charge in [0, 0.05) is 25.0 Å². The van der Waals surface area contributed by atoms with Gasteiger partial charge >= 0.3 is 28.7 Å². The quantitative estimate of drug-likeness (QED) is 0.0341. The van der Waals surface area contributed by atoms with Crippen LogP contribution >= 0.6 is 0 Å². The maximum Gasteiger partial charge on any atom is 0.442 e. The number of halogens is 21. The van der Waals surface area contributed by atoms with Crippen LogP contribution in [0.2, 0.25) is 0 Å². The van der Waals surface area contributed by atoms with Crippen molar-refractivity contribution in [1.82, 2.24) is 0 Å². The van der Waals surface area contributed by atoms with E-state index >= 15 is 35.1 Å². The molecule has 2 heterocycles. The fourth-order valence-corrected chi connectivity index (χ4v) is 13.1. The van der Waals surface area contributed by atoms with Crippen molar-refractivity contribution in [1.29, 1.82) is 0 Å². The van der Waals surface area contributed by atoms with E-state index in [9.17, 15) is 52.7 Å². The van der Waals surface area contributed by atoms with E-state index in [2.05, 4.69) is 121 Å². The highest BCUT2D eigenvalue weighted by atomic mass is 127. The van der Waals surface area contributed by atoms with Crippen LogP contribution in [0.25, 0.3) is 43.1 Å². The van der Waals surface area contributed by atoms with Crippen LogP contribution in [0, 0.1) is 124 Å². The minimum Gasteiger partial charge on any atom is -0.426 e. The Morgan fingerprint density at radius 3 is 0.709 bits per heavy atom. The normalized spacial score (nSPS) is 11.9. The molecule has 0 aliphatic heterocycles. The summed E-state index contributed by atoms with van der Waals surface area (Å²) in [5, 5.41) is 10.3. The van der Waals surface area contributed by atoms with Crippen molar-refractivity contribution in [3.05, 3.63) is 280 Å². The van der Waals surface area contributed by atoms with Gasteiger partial charge in [-0.3, -0.25) is 0 Å². The zero-order valence-electron chi connectivity index (χ0n) is 42.4. The molecule has 2 aromatic heterocycles. The zero-order chi connectivity index (χ0) is 61.5. The molecule has 0 atom stereocenters. The van der Waals surface area contributed by atoms with E-state index in [0.717, 1.165) is 20.4 Å². The fraction of sp³-hybridized carbons (Fsp3) is 0.0323. The largest absolute Gasteiger partial charge is 0.442 e. The average molecular weight is 1320 g/mol. The van der Waals surface area contributed by atoms with Crippen LogP contribution in [0.15, 0.2) is 143 Å². The van der Waals surface area contributed by atoms with E-state index in [-0.39, 0.29) is 0 Å². The van der Waals surface area contributed by atoms with Gasteiger partial charge in [0.25, 0.3) is 0 Å². The van der Waals surface area contributed by atoms with Crippen LogP contribution in [0.5, 0.6) is 0 Å². The number of benzene rings is 10. The van der Waals surface area contributed by atoms with Gasteiger partial charge in [0.15, 0.2) is 69.8 Å². The number of hydrogen-bond donors (Lipinski definition) is 0. The number of rotatable bonds is 10. The smallest absolute Gasteiger partial charge is 0.426 e. The third-order valence-electron chi connectivity index (χ3n) is 14.7. The third kappa shape index (κ3) is 9.46. The molecular weight excluding hydrogens is 1290 g/mol. The first-order valence-corrected chi connectivity index (χ1v) is 27.0. The Morgan fingerprint density at radius 1 is 0.267 bits per heavy atom. The van der Waals surface area contributed by atoms with Crippen molar-refractivity contribution in [3.8, 4) is 0 Å². The molecule has 0 aliphatic carbocycles. The average Bonchev–Trinajstić information content (AvgIpc) is 0.749. The summed E-state index contributed by atoms with van der Waals surface area (Å²) in [6, 6.07) is 43.7. The van der Waals surface area contributed by atoms with E-state index in [0.29, 0.717) is 0 Å². The molecule has 2 nitrogen and oxygen atoms in total. The summed E-state index contributed by atoms with van der Waals surface area (Å²) in [6.07, 6.45) is -1.68. The summed E-state index contributed by atoms with van der Waals surface area (Å²) in [5.41, 5.74) is -9.21. The lowest BCUT2D eigenvalue weighted by molar-refractivity contribution is -0.636. The topological polar surface area (TPSA) is 26.3 Å². The summed E-state index contributed by atoms with van der Waals surface area (Å²) >= 11 is -0.557. The molecule has 0 saturated heterocycles. The van der Waals surface area contributed by atoms with Crippen LogP contribution in [0.3, 0.4) is 0 Å². The SMILES string of the molecule is Fc1c(F)c(F)c([B-](c2c(F)c(F)c(F)c(F)c2F)(c2c(F)c(F)c(F)c(F)c2F)c2c(F)c(F)c(F)c(F)c2F)c(F)c1F.c1ccc2c(Cc3coc([I+]c4cc(Cc5c6ccccc6cc6ccccc56)co4)c3)c3ccccc3cc2c1. The van der Waals surface area contributed by atoms with Crippen molar-refractivity contribution in [3.63, 3.8) is 0 Å². The van der Waals surface area contributed by atoms with Crippen molar-refractivity contribution in [2.45, 2.75) is 12.8 Å². The highest BCUT2D eigenvalue weighted by Gasteiger charge is 2.52. The maximum atomic E-state index is 15.4. The summed E-state index contributed by atoms with van der Waals surface area (Å²) in [5.74, 6) is -71.4. The second kappa shape index (κ2) is 22.6. The highest BCUT2D eigenvalue weighted by Crippen LogP contribution is 2.34. The molecule has 0 bridgehead atoms. The number of fused-ring (bicyclic) bond motifs is 4. The molecule has 0 spiro atoms. The second-order valence-corrected chi connectivity index (χ2v) is 22.0. The van der Waals surface area contributed by atoms with E-state index in [1.807, 2.05) is 12.5 Å². The summed E-state index contributed by atoms with van der Waals surface area (Å²) in [4.78, 5) is 0. The highest BCUT2D eigenvalue weighted by molar-refractivity contribution is 7.20. The van der Waals surface area contributed by atoms with Crippen LogP contribution in [-0.2, 0) is 12.8 Å². The molecule has 0 saturated carbocycles. The molecule has 0 unspecified atom stereocenters. The standard InChI is InChI=1S/C38H26IO2.C24BF20/c1-5-13-31-27(9-1)21-28-10-2-6-14-32(28)35(31)17-25-19-37(40-23-25)39-38-20-26(24-41-38)18-36-33-15-7-3-11-29(33)22-30-12-4-8-16-34(30)36;26-5-1(6(27)14(35)21(42)13(5)34)25(2-7(28)15(36)22(43)16(37)8(2)29,3-9(30)17(38)23(44)18(39)10(3)31)4-11(32)19(40)24(45)20(41)12(4)33/h1-16,19-24H,17-18H2;/q+1;-1. The zero-order valence-corrected chi connectivity index (χ0v) is 44.6. The lowest BCUT2D eigenvalue weighted by Gasteiger charge is -2.44. The van der Waals surface area contributed by atoms with E-state index in [1.54, 1.807) is 0 Å². The Balaban J connectivity index is 0.000000179. The van der Waals surface area contributed by atoms with Crippen LogP contribution in [-0.4, -0.2) is 6.15 Å². The first-order valence-electron chi connectivity index (χ1n) is 24.8. The molecule has 0 fully saturated rings. The van der Waals surface area contributed by atoms with Crippen LogP contribution < -0.4 is 43.1 Å². The van der Waals surface area contributed by atoms with Crippen molar-refractivity contribution in [2.24, 2.45) is 0 Å². The van der Waals surface area contributed by atoms with Gasteiger partial charge < -0.3 is 8.83 Å². The van der Waals surface area contributed by atoms with Gasteiger partial charge in [-0.2, -0.15) is 0 Å². The van der Waals surface area contributed by atoms with Crippen LogP contribution in [0.4, 0.5) is 87.8 Å². The summed E-state index contributed by atoms with van der Waals surface area (Å²) in [6.45, 7) is 0. The van der Waals surface area contributed by atoms with Gasteiger partial charge in [-0.15, -0.1) is 21.9 Å². The molecule has 0 radical (unpaired) electrons. The Hall–Kier alpha value is -8.81. The van der Waals surface area contributed by atoms with Gasteiger partial charge in [0.05, 0.1) is 12.5 Å². The Morgan fingerprint density at radius 2 is 0.477 bits per heavy atom. The van der Waals surface area contributed by atoms with Gasteiger partial charge in [-0.05, 0) is 77.5 Å². The summed E-state index contributed by atoms with van der Waals surface area (Å²) < 4.78 is 308. The third-order valence-corrected chi connectivity index (χ3v) is 16.9. The second-order valence-electron chi connectivity index (χ2n) is 19.4. The fourth-order valence-electron chi connectivity index (χ4n) is 10.9. The van der Waals surface area contributed by atoms with E-state index < -0.39 is 166 Å². The van der Waals surface area contributed by atoms with Crippen molar-refractivity contribution < 1.29 is 118 Å². The lowest BCUT2D eigenvalue weighted by Crippen LogP contribution is -3.61. The molecular formula is C62H26BF20IO2. The molecule has 12 aromatic rings. The number of furan rings is 2. The number of hydrogen-bond acceptors (Lipinski definition) is 2. The molecule has 0 amide bonds. The predicted octanol–water partition coefficient (Wildman–Crippen LogP) is 12.6. The Kier molecular flexibility index (Phi) is 15.5. The first kappa shape index (κ1) is 58.9. The predicted molar refractivity (Wildman–Crippen MR) is 273 cm³/mol. The molecule has 86 heavy (non-hydrogen) atoms. The molecule has 10 aromatic carbocycles. The van der Waals surface area contributed by atoms with Gasteiger partial charge in [0.1, 0.15) is 52.7 Å². The Bertz CT molecular complexity index is 4130. The Labute approximate surface area is 479 Å². The first-order chi connectivity index (χ1) is 41.0. The van der Waals surface area contributed by atoms with Gasteiger partial charge in [-0.1, -0.05) is 97.1 Å². The molecule has 0 N–H and O–H groups in total. The minimum atomic E-state index is -7.22. The van der Waals surface area contributed by atoms with Gasteiger partial charge in [-0.25, -0.2) is 87.8 Å². The van der Waals surface area contributed by atoms with Crippen molar-refractivity contribution in [2.75, 3.05) is 0 Å².